The summed E-state index contributed by atoms with van der Waals surface area (Å²) in [5.41, 5.74) is 0. The molecule has 1 amide bonds. The Morgan fingerprint density at radius 3 is 2.42 bits per heavy atom. The summed E-state index contributed by atoms with van der Waals surface area (Å²) in [7, 11) is -3.58. The molecule has 10 nitrogen and oxygen atoms in total. The lowest BCUT2D eigenvalue weighted by Crippen LogP contribution is -2.60. The molecule has 3 fully saturated rings. The second-order valence-electron chi connectivity index (χ2n) is 9.51. The Morgan fingerprint density at radius 2 is 1.81 bits per heavy atom. The molecule has 14 heteroatoms. The fourth-order valence-corrected chi connectivity index (χ4v) is 6.16. The number of ether oxygens (including phenoxy) is 2. The summed E-state index contributed by atoms with van der Waals surface area (Å²) in [4.78, 5) is 24.4. The highest BCUT2D eigenvalue weighted by Crippen LogP contribution is 2.30. The van der Waals surface area contributed by atoms with E-state index in [1.54, 1.807) is 18.5 Å². The highest BCUT2D eigenvalue weighted by molar-refractivity contribution is 7.90. The van der Waals surface area contributed by atoms with Gasteiger partial charge in [-0.25, -0.2) is 27.9 Å². The molecule has 1 aliphatic carbocycles. The van der Waals surface area contributed by atoms with E-state index >= 15 is 0 Å². The van der Waals surface area contributed by atoms with Gasteiger partial charge in [-0.2, -0.15) is 13.2 Å². The average molecular weight is 536 g/mol. The molecule has 36 heavy (non-hydrogen) atoms. The molecule has 3 aliphatic rings. The number of likely N-dealkylation sites (tertiary alicyclic amines) is 1. The Balaban J connectivity index is 1.41. The molecule has 1 aromatic rings. The maximum Gasteiger partial charge on any atom is 0.425 e. The first-order chi connectivity index (χ1) is 17.0. The predicted octanol–water partition coefficient (Wildman–Crippen LogP) is 2.46. The first kappa shape index (κ1) is 26.9. The van der Waals surface area contributed by atoms with Crippen molar-refractivity contribution in [3.8, 4) is 0 Å². The molecule has 1 aromatic heterocycles. The standard InChI is InChI=1S/C22H32F3N5O5S/c1-15(22(23,24)25)35-21(31)30-11-2-4-18(28-36(32,33)17-5-6-17)19(30)14-34-16-7-12-29(13-8-16)20-26-9-3-10-27-20/h3,9-10,15-19,28H,2,4-8,11-14H2,1H3/t15?,18-,19-/m0/s1. The molecule has 0 bridgehead atoms. The van der Waals surface area contributed by atoms with Gasteiger partial charge < -0.3 is 19.3 Å². The van der Waals surface area contributed by atoms with Crippen molar-refractivity contribution in [2.75, 3.05) is 31.1 Å². The third-order valence-electron chi connectivity index (χ3n) is 6.81. The second kappa shape index (κ2) is 11.1. The first-order valence-corrected chi connectivity index (χ1v) is 13.8. The smallest absolute Gasteiger partial charge is 0.425 e. The summed E-state index contributed by atoms with van der Waals surface area (Å²) in [6.45, 7) is 2.23. The molecule has 0 radical (unpaired) electrons. The van der Waals surface area contributed by atoms with Crippen molar-refractivity contribution in [2.24, 2.45) is 0 Å². The summed E-state index contributed by atoms with van der Waals surface area (Å²) in [6.07, 6.45) is -1.56. The lowest BCUT2D eigenvalue weighted by Gasteiger charge is -2.42. The fraction of sp³-hybridized carbons (Fsp3) is 0.773. The minimum Gasteiger partial charge on any atom is -0.437 e. The molecule has 0 spiro atoms. The predicted molar refractivity (Wildman–Crippen MR) is 124 cm³/mol. The van der Waals surface area contributed by atoms with Crippen LogP contribution >= 0.6 is 0 Å². The van der Waals surface area contributed by atoms with Crippen LogP contribution in [0.25, 0.3) is 0 Å². The van der Waals surface area contributed by atoms with Gasteiger partial charge in [-0.15, -0.1) is 0 Å². The number of hydrogen-bond donors (Lipinski definition) is 1. The highest BCUT2D eigenvalue weighted by atomic mass is 32.2. The minimum absolute atomic E-state index is 0.0140. The zero-order chi connectivity index (χ0) is 25.9. The molecule has 1 unspecified atom stereocenters. The maximum atomic E-state index is 13.0. The molecule has 202 valence electrons. The summed E-state index contributed by atoms with van der Waals surface area (Å²) < 4.78 is 77.7. The Labute approximate surface area is 208 Å². The molecule has 3 atom stereocenters. The number of halogens is 3. The summed E-state index contributed by atoms with van der Waals surface area (Å²) in [5.74, 6) is 0.630. The van der Waals surface area contributed by atoms with E-state index in [4.69, 9.17) is 4.74 Å². The van der Waals surface area contributed by atoms with Gasteiger partial charge in [0.1, 0.15) is 0 Å². The van der Waals surface area contributed by atoms with Crippen LogP contribution in [0.1, 0.15) is 45.4 Å². The monoisotopic (exact) mass is 535 g/mol. The van der Waals surface area contributed by atoms with Crippen LogP contribution < -0.4 is 9.62 Å². The van der Waals surface area contributed by atoms with E-state index in [2.05, 4.69) is 19.4 Å². The van der Waals surface area contributed by atoms with Crippen LogP contribution in [0.4, 0.5) is 23.9 Å². The van der Waals surface area contributed by atoms with Crippen molar-refractivity contribution < 1.29 is 35.9 Å². The van der Waals surface area contributed by atoms with E-state index in [-0.39, 0.29) is 19.3 Å². The number of aromatic nitrogens is 2. The second-order valence-corrected chi connectivity index (χ2v) is 11.5. The third kappa shape index (κ3) is 6.76. The van der Waals surface area contributed by atoms with Crippen LogP contribution in [-0.2, 0) is 19.5 Å². The molecule has 2 saturated heterocycles. The van der Waals surface area contributed by atoms with Crippen LogP contribution in [0.15, 0.2) is 18.5 Å². The Kier molecular flexibility index (Phi) is 8.25. The zero-order valence-electron chi connectivity index (χ0n) is 20.1. The van der Waals surface area contributed by atoms with Crippen molar-refractivity contribution in [3.63, 3.8) is 0 Å². The number of rotatable bonds is 8. The molecule has 4 rings (SSSR count). The number of nitrogens with one attached hydrogen (secondary N) is 1. The van der Waals surface area contributed by atoms with Crippen LogP contribution in [0.3, 0.4) is 0 Å². The third-order valence-corrected chi connectivity index (χ3v) is 8.79. The largest absolute Gasteiger partial charge is 0.437 e. The number of sulfonamides is 1. The SMILES string of the molecule is CC(OC(=O)N1CCC[C@H](NS(=O)(=O)C2CC2)[C@@H]1COC1CCN(c2ncccn2)CC1)C(F)(F)F. The fourth-order valence-electron chi connectivity index (χ4n) is 4.51. The molecule has 2 aliphatic heterocycles. The van der Waals surface area contributed by atoms with Gasteiger partial charge >= 0.3 is 12.3 Å². The number of amides is 1. The van der Waals surface area contributed by atoms with Crippen LogP contribution in [0.2, 0.25) is 0 Å². The van der Waals surface area contributed by atoms with E-state index in [0.29, 0.717) is 57.6 Å². The molecular weight excluding hydrogens is 503 g/mol. The van der Waals surface area contributed by atoms with Crippen LogP contribution in [0.5, 0.6) is 0 Å². The number of carbonyl (C=O) groups excluding carboxylic acids is 1. The number of alkyl halides is 3. The Morgan fingerprint density at radius 1 is 1.14 bits per heavy atom. The van der Waals surface area contributed by atoms with Crippen molar-refractivity contribution in [3.05, 3.63) is 18.5 Å². The number of carbonyl (C=O) groups is 1. The van der Waals surface area contributed by atoms with Gasteiger partial charge in [0, 0.05) is 38.1 Å². The van der Waals surface area contributed by atoms with E-state index in [1.165, 1.54) is 4.90 Å². The van der Waals surface area contributed by atoms with Gasteiger partial charge in [0.2, 0.25) is 16.0 Å². The van der Waals surface area contributed by atoms with Crippen LogP contribution in [-0.4, -0.2) is 91.3 Å². The quantitative estimate of drug-likeness (QED) is 0.540. The Bertz CT molecular complexity index is 988. The van der Waals surface area contributed by atoms with Crippen LogP contribution in [0, 0.1) is 0 Å². The molecule has 1 saturated carbocycles. The van der Waals surface area contributed by atoms with E-state index in [9.17, 15) is 26.4 Å². The number of anilines is 1. The first-order valence-electron chi connectivity index (χ1n) is 12.2. The van der Waals surface area contributed by atoms with Gasteiger partial charge in [-0.05, 0) is 51.5 Å². The lowest BCUT2D eigenvalue weighted by molar-refractivity contribution is -0.200. The van der Waals surface area contributed by atoms with Crippen molar-refractivity contribution in [2.45, 2.75) is 81.2 Å². The van der Waals surface area contributed by atoms with Gasteiger partial charge in [0.15, 0.2) is 6.10 Å². The van der Waals surface area contributed by atoms with Crippen molar-refractivity contribution in [1.82, 2.24) is 19.6 Å². The number of nitrogens with zero attached hydrogens (tertiary/aromatic N) is 4. The maximum absolute atomic E-state index is 13.0. The molecule has 3 heterocycles. The highest BCUT2D eigenvalue weighted by Gasteiger charge is 2.45. The van der Waals surface area contributed by atoms with Gasteiger partial charge in [0.05, 0.1) is 24.0 Å². The van der Waals surface area contributed by atoms with Gasteiger partial charge in [-0.1, -0.05) is 0 Å². The molecule has 1 N–H and O–H groups in total. The average Bonchev–Trinajstić information content (AvgIpc) is 3.70. The van der Waals surface area contributed by atoms with E-state index in [1.807, 2.05) is 4.90 Å². The molecule has 0 aromatic carbocycles. The zero-order valence-corrected chi connectivity index (χ0v) is 20.9. The Hall–Kier alpha value is -2.19. The van der Waals surface area contributed by atoms with Gasteiger partial charge in [0.25, 0.3) is 0 Å². The minimum atomic E-state index is -4.69. The number of hydrogen-bond acceptors (Lipinski definition) is 8. The van der Waals surface area contributed by atoms with E-state index < -0.39 is 45.7 Å². The van der Waals surface area contributed by atoms with Gasteiger partial charge in [-0.3, -0.25) is 0 Å². The topological polar surface area (TPSA) is 114 Å². The lowest BCUT2D eigenvalue weighted by atomic mass is 9.97. The molecular formula is C22H32F3N5O5S. The van der Waals surface area contributed by atoms with Crippen molar-refractivity contribution in [1.29, 1.82) is 0 Å². The summed E-state index contributed by atoms with van der Waals surface area (Å²) >= 11 is 0. The summed E-state index contributed by atoms with van der Waals surface area (Å²) in [5, 5.41) is -0.462. The normalized spacial score (nSPS) is 25.0. The number of piperidine rings is 2. The van der Waals surface area contributed by atoms with Crippen molar-refractivity contribution >= 4 is 22.1 Å². The summed E-state index contributed by atoms with van der Waals surface area (Å²) in [6, 6.07) is 0.287. The van der Waals surface area contributed by atoms with E-state index in [0.717, 1.165) is 6.92 Å².